The summed E-state index contributed by atoms with van der Waals surface area (Å²) in [5.74, 6) is 1.89. The number of imidazole rings is 2. The van der Waals surface area contributed by atoms with Crippen molar-refractivity contribution < 1.29 is 4.79 Å². The first-order valence-electron chi connectivity index (χ1n) is 8.43. The number of aryl methyl sites for hydroxylation is 2. The van der Waals surface area contributed by atoms with Crippen LogP contribution in [0.4, 0.5) is 0 Å². The summed E-state index contributed by atoms with van der Waals surface area (Å²) in [6.07, 6.45) is 5.71. The van der Waals surface area contributed by atoms with Crippen LogP contribution in [0.5, 0.6) is 0 Å². The van der Waals surface area contributed by atoms with Crippen LogP contribution in [0.1, 0.15) is 37.5 Å². The van der Waals surface area contributed by atoms with Crippen LogP contribution in [0.3, 0.4) is 0 Å². The molecule has 0 aliphatic heterocycles. The molecule has 0 saturated heterocycles. The summed E-state index contributed by atoms with van der Waals surface area (Å²) in [5.41, 5.74) is 1.85. The van der Waals surface area contributed by atoms with Gasteiger partial charge in [-0.3, -0.25) is 4.79 Å². The van der Waals surface area contributed by atoms with Gasteiger partial charge in [-0.2, -0.15) is 0 Å². The third-order valence-corrected chi connectivity index (χ3v) is 4.46. The zero-order valence-electron chi connectivity index (χ0n) is 14.4. The maximum atomic E-state index is 12.1. The van der Waals surface area contributed by atoms with Crippen molar-refractivity contribution in [3.05, 3.63) is 47.3 Å². The number of benzene rings is 1. The number of hydrogen-bond donors (Lipinski definition) is 2. The average Bonchev–Trinajstić information content (AvgIpc) is 3.16. The summed E-state index contributed by atoms with van der Waals surface area (Å²) < 4.78 is 2.01. The highest BCUT2D eigenvalue weighted by Crippen LogP contribution is 2.17. The Kier molecular flexibility index (Phi) is 5.38. The predicted octanol–water partition coefficient (Wildman–Crippen LogP) is 3.42. The lowest BCUT2D eigenvalue weighted by molar-refractivity contribution is -0.121. The molecular weight excluding hydrogens is 338 g/mol. The van der Waals surface area contributed by atoms with Gasteiger partial charge in [-0.05, 0) is 38.5 Å². The fourth-order valence-electron chi connectivity index (χ4n) is 2.93. The molecule has 3 rings (SSSR count). The van der Waals surface area contributed by atoms with Gasteiger partial charge >= 0.3 is 0 Å². The Hall–Kier alpha value is -2.34. The van der Waals surface area contributed by atoms with Gasteiger partial charge in [0.15, 0.2) is 0 Å². The number of aromatic nitrogens is 4. The highest BCUT2D eigenvalue weighted by molar-refractivity contribution is 6.31. The Bertz CT molecular complexity index is 869. The SMILES string of the molecule is Cc1nccn1[C@H](C)CC(=O)NCCCc1nc2ccc(Cl)cc2[nH]1. The van der Waals surface area contributed by atoms with Crippen molar-refractivity contribution in [1.82, 2.24) is 24.8 Å². The molecular formula is C18H22ClN5O. The molecule has 6 nitrogen and oxygen atoms in total. The first kappa shape index (κ1) is 17.5. The van der Waals surface area contributed by atoms with Crippen LogP contribution in [0.25, 0.3) is 11.0 Å². The van der Waals surface area contributed by atoms with E-state index in [1.54, 1.807) is 6.20 Å². The minimum absolute atomic E-state index is 0.0528. The lowest BCUT2D eigenvalue weighted by Crippen LogP contribution is -2.27. The van der Waals surface area contributed by atoms with E-state index in [0.717, 1.165) is 35.5 Å². The molecule has 0 aliphatic carbocycles. The highest BCUT2D eigenvalue weighted by Gasteiger charge is 2.12. The van der Waals surface area contributed by atoms with E-state index in [-0.39, 0.29) is 11.9 Å². The standard InChI is InChI=1S/C18H22ClN5O/c1-12(24-9-8-20-13(24)2)10-18(25)21-7-3-4-17-22-15-6-5-14(19)11-16(15)23-17/h5-6,8-9,11-12H,3-4,7,10H2,1-2H3,(H,21,25)(H,22,23)/t12-/m1/s1. The molecule has 2 N–H and O–H groups in total. The molecule has 0 radical (unpaired) electrons. The second-order valence-corrected chi connectivity index (χ2v) is 6.67. The summed E-state index contributed by atoms with van der Waals surface area (Å²) in [6.45, 7) is 4.59. The van der Waals surface area contributed by atoms with Crippen molar-refractivity contribution in [1.29, 1.82) is 0 Å². The number of carbonyl (C=O) groups is 1. The van der Waals surface area contributed by atoms with Crippen LogP contribution in [-0.2, 0) is 11.2 Å². The summed E-state index contributed by atoms with van der Waals surface area (Å²) in [5, 5.41) is 3.66. The second kappa shape index (κ2) is 7.70. The Balaban J connectivity index is 1.43. The smallest absolute Gasteiger partial charge is 0.222 e. The minimum Gasteiger partial charge on any atom is -0.356 e. The summed E-state index contributed by atoms with van der Waals surface area (Å²) in [6, 6.07) is 5.70. The van der Waals surface area contributed by atoms with Gasteiger partial charge in [0, 0.05) is 42.8 Å². The lowest BCUT2D eigenvalue weighted by Gasteiger charge is -2.14. The van der Waals surface area contributed by atoms with Crippen molar-refractivity contribution in [2.45, 2.75) is 39.2 Å². The summed E-state index contributed by atoms with van der Waals surface area (Å²) in [7, 11) is 0. The van der Waals surface area contributed by atoms with Crippen LogP contribution in [-0.4, -0.2) is 32.0 Å². The van der Waals surface area contributed by atoms with Gasteiger partial charge in [-0.25, -0.2) is 9.97 Å². The zero-order valence-corrected chi connectivity index (χ0v) is 15.2. The van der Waals surface area contributed by atoms with Gasteiger partial charge in [0.2, 0.25) is 5.91 Å². The van der Waals surface area contributed by atoms with Crippen molar-refractivity contribution in [3.63, 3.8) is 0 Å². The number of hydrogen-bond acceptors (Lipinski definition) is 3. The van der Waals surface area contributed by atoms with Crippen molar-refractivity contribution in [2.75, 3.05) is 6.54 Å². The van der Waals surface area contributed by atoms with Crippen LogP contribution < -0.4 is 5.32 Å². The Morgan fingerprint density at radius 2 is 2.28 bits per heavy atom. The monoisotopic (exact) mass is 359 g/mol. The first-order valence-corrected chi connectivity index (χ1v) is 8.81. The molecule has 0 fully saturated rings. The molecule has 1 amide bonds. The number of amides is 1. The van der Waals surface area contributed by atoms with Crippen LogP contribution in [0.2, 0.25) is 5.02 Å². The van der Waals surface area contributed by atoms with Crippen LogP contribution in [0, 0.1) is 6.92 Å². The lowest BCUT2D eigenvalue weighted by atomic mass is 10.2. The summed E-state index contributed by atoms with van der Waals surface area (Å²) in [4.78, 5) is 24.0. The van der Waals surface area contributed by atoms with Gasteiger partial charge < -0.3 is 14.9 Å². The summed E-state index contributed by atoms with van der Waals surface area (Å²) >= 11 is 5.98. The molecule has 2 aromatic heterocycles. The fraction of sp³-hybridized carbons (Fsp3) is 0.389. The van der Waals surface area contributed by atoms with Crippen molar-refractivity contribution in [3.8, 4) is 0 Å². The number of halogens is 1. The molecule has 1 aromatic carbocycles. The van der Waals surface area contributed by atoms with E-state index < -0.39 is 0 Å². The third kappa shape index (κ3) is 4.39. The fourth-order valence-corrected chi connectivity index (χ4v) is 3.10. The molecule has 7 heteroatoms. The normalized spacial score (nSPS) is 12.4. The Morgan fingerprint density at radius 3 is 3.04 bits per heavy atom. The number of nitrogens with zero attached hydrogens (tertiary/aromatic N) is 3. The van der Waals surface area contributed by atoms with Crippen molar-refractivity contribution in [2.24, 2.45) is 0 Å². The van der Waals surface area contributed by atoms with Gasteiger partial charge in [0.25, 0.3) is 0 Å². The van der Waals surface area contributed by atoms with E-state index in [2.05, 4.69) is 20.3 Å². The molecule has 2 heterocycles. The molecule has 0 aliphatic rings. The van der Waals surface area contributed by atoms with E-state index in [0.29, 0.717) is 18.0 Å². The van der Waals surface area contributed by atoms with E-state index in [9.17, 15) is 4.79 Å². The third-order valence-electron chi connectivity index (χ3n) is 4.22. The number of rotatable bonds is 7. The van der Waals surface area contributed by atoms with E-state index in [1.165, 1.54) is 0 Å². The average molecular weight is 360 g/mol. The van der Waals surface area contributed by atoms with Crippen molar-refractivity contribution >= 4 is 28.5 Å². The molecule has 0 spiro atoms. The predicted molar refractivity (Wildman–Crippen MR) is 98.7 cm³/mol. The molecule has 0 bridgehead atoms. The number of nitrogens with one attached hydrogen (secondary N) is 2. The van der Waals surface area contributed by atoms with Gasteiger partial charge in [-0.15, -0.1) is 0 Å². The van der Waals surface area contributed by atoms with Gasteiger partial charge in [0.1, 0.15) is 11.6 Å². The number of carbonyl (C=O) groups excluding carboxylic acids is 1. The molecule has 25 heavy (non-hydrogen) atoms. The largest absolute Gasteiger partial charge is 0.356 e. The maximum Gasteiger partial charge on any atom is 0.222 e. The first-order chi connectivity index (χ1) is 12.0. The van der Waals surface area contributed by atoms with E-state index in [1.807, 2.05) is 42.8 Å². The Labute approximate surface area is 151 Å². The molecule has 1 atom stereocenters. The number of fused-ring (bicyclic) bond motifs is 1. The quantitative estimate of drug-likeness (QED) is 0.634. The van der Waals surface area contributed by atoms with Crippen LogP contribution >= 0.6 is 11.6 Å². The number of aromatic amines is 1. The van der Waals surface area contributed by atoms with Gasteiger partial charge in [0.05, 0.1) is 11.0 Å². The van der Waals surface area contributed by atoms with E-state index in [4.69, 9.17) is 11.6 Å². The van der Waals surface area contributed by atoms with Crippen LogP contribution in [0.15, 0.2) is 30.6 Å². The molecule has 132 valence electrons. The minimum atomic E-state index is 0.0528. The molecule has 0 saturated carbocycles. The Morgan fingerprint density at radius 1 is 1.44 bits per heavy atom. The van der Waals surface area contributed by atoms with Gasteiger partial charge in [-0.1, -0.05) is 11.6 Å². The highest BCUT2D eigenvalue weighted by atomic mass is 35.5. The molecule has 0 unspecified atom stereocenters. The second-order valence-electron chi connectivity index (χ2n) is 6.23. The van der Waals surface area contributed by atoms with E-state index >= 15 is 0 Å². The molecule has 3 aromatic rings. The number of H-pyrrole nitrogens is 1. The maximum absolute atomic E-state index is 12.1. The topological polar surface area (TPSA) is 75.6 Å². The zero-order chi connectivity index (χ0) is 17.8.